The molecule has 0 saturated carbocycles. The number of carbonyl (C=O) groups excluding carboxylic acids is 1. The lowest BCUT2D eigenvalue weighted by atomic mass is 9.97. The summed E-state index contributed by atoms with van der Waals surface area (Å²) in [4.78, 5) is 14.7. The normalized spacial score (nSPS) is 16.4. The van der Waals surface area contributed by atoms with Crippen LogP contribution >= 0.6 is 0 Å². The molecular formula is C18H27NO2. The summed E-state index contributed by atoms with van der Waals surface area (Å²) in [6, 6.07) is 4.15. The zero-order valence-electron chi connectivity index (χ0n) is 13.7. The van der Waals surface area contributed by atoms with Gasteiger partial charge in [-0.1, -0.05) is 6.07 Å². The number of benzene rings is 1. The van der Waals surface area contributed by atoms with Crippen molar-refractivity contribution in [2.75, 3.05) is 33.4 Å². The van der Waals surface area contributed by atoms with Crippen molar-refractivity contribution in [2.24, 2.45) is 5.92 Å². The van der Waals surface area contributed by atoms with Crippen LogP contribution in [0.15, 0.2) is 12.1 Å². The third kappa shape index (κ3) is 4.39. The van der Waals surface area contributed by atoms with Crippen molar-refractivity contribution in [1.29, 1.82) is 0 Å². The molecule has 3 heteroatoms. The molecule has 0 aromatic heterocycles. The van der Waals surface area contributed by atoms with Gasteiger partial charge in [-0.05, 0) is 69.3 Å². The summed E-state index contributed by atoms with van der Waals surface area (Å²) in [7, 11) is 2.05. The summed E-state index contributed by atoms with van der Waals surface area (Å²) < 4.78 is 5.39. The van der Waals surface area contributed by atoms with E-state index in [1.54, 1.807) is 0 Å². The molecule has 3 nitrogen and oxygen atoms in total. The highest BCUT2D eigenvalue weighted by Gasteiger charge is 2.18. The van der Waals surface area contributed by atoms with E-state index in [0.29, 0.717) is 12.5 Å². The number of rotatable bonds is 5. The molecule has 1 fully saturated rings. The van der Waals surface area contributed by atoms with Crippen LogP contribution in [0.1, 0.15) is 39.9 Å². The van der Waals surface area contributed by atoms with Gasteiger partial charge in [-0.2, -0.15) is 0 Å². The van der Waals surface area contributed by atoms with Crippen LogP contribution < -0.4 is 0 Å². The first-order valence-corrected chi connectivity index (χ1v) is 7.84. The molecule has 0 amide bonds. The fraction of sp³-hybridized carbons (Fsp3) is 0.611. The van der Waals surface area contributed by atoms with Crippen LogP contribution in [-0.2, 0) is 4.74 Å². The number of Topliss-reactive ketones (excluding diaryl/α,β-unsaturated/α-hetero) is 1. The van der Waals surface area contributed by atoms with E-state index in [9.17, 15) is 4.79 Å². The van der Waals surface area contributed by atoms with Gasteiger partial charge in [-0.15, -0.1) is 0 Å². The van der Waals surface area contributed by atoms with Gasteiger partial charge in [0.2, 0.25) is 0 Å². The van der Waals surface area contributed by atoms with E-state index in [1.807, 2.05) is 20.0 Å². The van der Waals surface area contributed by atoms with E-state index in [-0.39, 0.29) is 5.78 Å². The number of ether oxygens (including phenoxy) is 1. The SMILES string of the molecule is Cc1cc(C)c(C(=O)CN(C)CC2CCOCC2)cc1C. The van der Waals surface area contributed by atoms with Crippen LogP contribution in [0.2, 0.25) is 0 Å². The van der Waals surface area contributed by atoms with Gasteiger partial charge in [0.15, 0.2) is 5.78 Å². The molecule has 0 bridgehead atoms. The molecule has 1 heterocycles. The average Bonchev–Trinajstić information content (AvgIpc) is 2.43. The van der Waals surface area contributed by atoms with Gasteiger partial charge in [-0.25, -0.2) is 0 Å². The minimum atomic E-state index is 0.227. The van der Waals surface area contributed by atoms with Crippen LogP contribution in [0, 0.1) is 26.7 Å². The van der Waals surface area contributed by atoms with Gasteiger partial charge in [0.05, 0.1) is 6.54 Å². The first-order chi connectivity index (χ1) is 9.97. The zero-order valence-corrected chi connectivity index (χ0v) is 13.7. The first kappa shape index (κ1) is 16.2. The Labute approximate surface area is 128 Å². The summed E-state index contributed by atoms with van der Waals surface area (Å²) in [5, 5.41) is 0. The Morgan fingerprint density at radius 3 is 2.43 bits per heavy atom. The molecule has 21 heavy (non-hydrogen) atoms. The molecule has 1 aromatic rings. The quantitative estimate of drug-likeness (QED) is 0.780. The molecule has 116 valence electrons. The van der Waals surface area contributed by atoms with Gasteiger partial charge >= 0.3 is 0 Å². The van der Waals surface area contributed by atoms with E-state index in [2.05, 4.69) is 24.8 Å². The molecule has 1 aromatic carbocycles. The number of ketones is 1. The fourth-order valence-electron chi connectivity index (χ4n) is 3.03. The van der Waals surface area contributed by atoms with Crippen LogP contribution in [0.5, 0.6) is 0 Å². The van der Waals surface area contributed by atoms with Gasteiger partial charge < -0.3 is 4.74 Å². The van der Waals surface area contributed by atoms with Gasteiger partial charge in [0.1, 0.15) is 0 Å². The Balaban J connectivity index is 1.95. The molecule has 0 aliphatic carbocycles. The van der Waals surface area contributed by atoms with Gasteiger partial charge in [0.25, 0.3) is 0 Å². The maximum absolute atomic E-state index is 12.5. The lowest BCUT2D eigenvalue weighted by Gasteiger charge is -2.26. The molecule has 1 saturated heterocycles. The van der Waals surface area contributed by atoms with Crippen LogP contribution in [0.4, 0.5) is 0 Å². The van der Waals surface area contributed by atoms with E-state index in [1.165, 1.54) is 11.1 Å². The van der Waals surface area contributed by atoms with Crippen molar-refractivity contribution in [2.45, 2.75) is 33.6 Å². The van der Waals surface area contributed by atoms with Crippen LogP contribution in [0.25, 0.3) is 0 Å². The maximum atomic E-state index is 12.5. The van der Waals surface area contributed by atoms with Crippen LogP contribution in [0.3, 0.4) is 0 Å². The number of likely N-dealkylation sites (N-methyl/N-ethyl adjacent to an activating group) is 1. The largest absolute Gasteiger partial charge is 0.381 e. The molecule has 0 spiro atoms. The summed E-state index contributed by atoms with van der Waals surface area (Å²) in [5.41, 5.74) is 4.40. The molecule has 0 radical (unpaired) electrons. The third-order valence-corrected chi connectivity index (χ3v) is 4.47. The van der Waals surface area contributed by atoms with Crippen molar-refractivity contribution < 1.29 is 9.53 Å². The minimum absolute atomic E-state index is 0.227. The minimum Gasteiger partial charge on any atom is -0.381 e. The molecule has 0 unspecified atom stereocenters. The highest BCUT2D eigenvalue weighted by molar-refractivity contribution is 5.99. The standard InChI is InChI=1S/C18H27NO2/c1-13-9-15(3)17(10-14(13)2)18(20)12-19(4)11-16-5-7-21-8-6-16/h9-10,16H,5-8,11-12H2,1-4H3. The number of hydrogen-bond acceptors (Lipinski definition) is 3. The molecule has 0 N–H and O–H groups in total. The Morgan fingerprint density at radius 2 is 1.76 bits per heavy atom. The maximum Gasteiger partial charge on any atom is 0.177 e. The smallest absolute Gasteiger partial charge is 0.177 e. The number of carbonyl (C=O) groups is 1. The Hall–Kier alpha value is -1.19. The molecule has 2 rings (SSSR count). The second-order valence-electron chi connectivity index (χ2n) is 6.43. The lowest BCUT2D eigenvalue weighted by Crippen LogP contribution is -2.33. The van der Waals surface area contributed by atoms with E-state index >= 15 is 0 Å². The number of aryl methyl sites for hydroxylation is 3. The molecular weight excluding hydrogens is 262 g/mol. The Bertz CT molecular complexity index is 504. The van der Waals surface area contributed by atoms with Crippen molar-refractivity contribution in [3.63, 3.8) is 0 Å². The lowest BCUT2D eigenvalue weighted by molar-refractivity contribution is 0.0549. The van der Waals surface area contributed by atoms with Crippen molar-refractivity contribution in [1.82, 2.24) is 4.90 Å². The summed E-state index contributed by atoms with van der Waals surface area (Å²) in [5.74, 6) is 0.891. The van der Waals surface area contributed by atoms with E-state index < -0.39 is 0 Å². The molecule has 1 aliphatic rings. The average molecular weight is 289 g/mol. The monoisotopic (exact) mass is 289 g/mol. The summed E-state index contributed by atoms with van der Waals surface area (Å²) in [6.45, 7) is 9.40. The summed E-state index contributed by atoms with van der Waals surface area (Å²) in [6.07, 6.45) is 2.22. The highest BCUT2D eigenvalue weighted by Crippen LogP contribution is 2.18. The molecule has 1 aliphatic heterocycles. The van der Waals surface area contributed by atoms with Crippen molar-refractivity contribution >= 4 is 5.78 Å². The van der Waals surface area contributed by atoms with Crippen LogP contribution in [-0.4, -0.2) is 44.0 Å². The predicted octanol–water partition coefficient (Wildman–Crippen LogP) is 3.15. The number of hydrogen-bond donors (Lipinski definition) is 0. The highest BCUT2D eigenvalue weighted by atomic mass is 16.5. The molecule has 0 atom stereocenters. The second-order valence-corrected chi connectivity index (χ2v) is 6.43. The second kappa shape index (κ2) is 7.19. The van der Waals surface area contributed by atoms with Gasteiger partial charge in [0, 0.05) is 25.3 Å². The van der Waals surface area contributed by atoms with E-state index in [4.69, 9.17) is 4.74 Å². The Kier molecular flexibility index (Phi) is 5.54. The van der Waals surface area contributed by atoms with Crippen molar-refractivity contribution in [3.8, 4) is 0 Å². The first-order valence-electron chi connectivity index (χ1n) is 7.84. The summed E-state index contributed by atoms with van der Waals surface area (Å²) >= 11 is 0. The van der Waals surface area contributed by atoms with E-state index in [0.717, 1.165) is 43.7 Å². The third-order valence-electron chi connectivity index (χ3n) is 4.47. The van der Waals surface area contributed by atoms with Crippen molar-refractivity contribution in [3.05, 3.63) is 34.4 Å². The topological polar surface area (TPSA) is 29.5 Å². The number of nitrogens with zero attached hydrogens (tertiary/aromatic N) is 1. The predicted molar refractivity (Wildman–Crippen MR) is 86.0 cm³/mol. The van der Waals surface area contributed by atoms with Gasteiger partial charge in [-0.3, -0.25) is 9.69 Å². The fourth-order valence-corrected chi connectivity index (χ4v) is 3.03. The zero-order chi connectivity index (χ0) is 15.4. The Morgan fingerprint density at radius 1 is 1.14 bits per heavy atom.